The third kappa shape index (κ3) is 6.34. The molecule has 0 unspecified atom stereocenters. The van der Waals surface area contributed by atoms with Gasteiger partial charge < -0.3 is 15.5 Å². The minimum absolute atomic E-state index is 0. The lowest BCUT2D eigenvalue weighted by Crippen LogP contribution is -2.42. The van der Waals surface area contributed by atoms with Crippen LogP contribution in [-0.2, 0) is 5.41 Å². The van der Waals surface area contributed by atoms with E-state index in [0.29, 0.717) is 0 Å². The third-order valence-electron chi connectivity index (χ3n) is 6.26. The van der Waals surface area contributed by atoms with Crippen LogP contribution in [0.15, 0.2) is 35.3 Å². The van der Waals surface area contributed by atoms with Crippen LogP contribution in [0.25, 0.3) is 0 Å². The van der Waals surface area contributed by atoms with E-state index >= 15 is 0 Å². The fourth-order valence-electron chi connectivity index (χ4n) is 4.25. The number of halogens is 1. The van der Waals surface area contributed by atoms with Crippen LogP contribution in [-0.4, -0.2) is 50.6 Å². The summed E-state index contributed by atoms with van der Waals surface area (Å²) in [5, 5.41) is 7.01. The van der Waals surface area contributed by atoms with Gasteiger partial charge in [0.15, 0.2) is 5.96 Å². The van der Waals surface area contributed by atoms with Gasteiger partial charge in [0, 0.05) is 18.5 Å². The molecule has 4 nitrogen and oxygen atoms in total. The zero-order valence-electron chi connectivity index (χ0n) is 17.0. The van der Waals surface area contributed by atoms with Gasteiger partial charge in [0.25, 0.3) is 0 Å². The van der Waals surface area contributed by atoms with Crippen LogP contribution in [0.3, 0.4) is 0 Å². The van der Waals surface area contributed by atoms with E-state index in [4.69, 9.17) is 4.99 Å². The molecule has 0 spiro atoms. The van der Waals surface area contributed by atoms with Gasteiger partial charge in [-0.25, -0.2) is 0 Å². The Balaban J connectivity index is 0.00000261. The van der Waals surface area contributed by atoms with Crippen molar-refractivity contribution in [2.45, 2.75) is 50.9 Å². The Hall–Kier alpha value is -0.820. The summed E-state index contributed by atoms with van der Waals surface area (Å²) in [7, 11) is 2.23. The summed E-state index contributed by atoms with van der Waals surface area (Å²) in [6, 6.07) is 11.0. The highest BCUT2D eigenvalue weighted by atomic mass is 127. The van der Waals surface area contributed by atoms with Gasteiger partial charge in [0.05, 0.1) is 6.54 Å². The van der Waals surface area contributed by atoms with Gasteiger partial charge in [0.2, 0.25) is 0 Å². The molecule has 2 fully saturated rings. The van der Waals surface area contributed by atoms with Crippen molar-refractivity contribution in [3.63, 3.8) is 0 Å². The molecule has 2 aliphatic rings. The second kappa shape index (κ2) is 11.2. The van der Waals surface area contributed by atoms with Gasteiger partial charge in [0.1, 0.15) is 0 Å². The Kier molecular flexibility index (Phi) is 9.36. The average Bonchev–Trinajstić information content (AvgIpc) is 2.63. The maximum absolute atomic E-state index is 4.96. The number of guanidine groups is 1. The molecule has 1 heterocycles. The summed E-state index contributed by atoms with van der Waals surface area (Å²) in [6.07, 6.45) is 7.77. The number of piperidine rings is 1. The van der Waals surface area contributed by atoms with E-state index in [1.165, 1.54) is 57.2 Å². The molecule has 1 aromatic carbocycles. The summed E-state index contributed by atoms with van der Waals surface area (Å²) < 4.78 is 0. The number of aliphatic imine (C=N–C) groups is 1. The molecule has 1 saturated heterocycles. The monoisotopic (exact) mass is 484 g/mol. The molecule has 2 N–H and O–H groups in total. The number of hydrogen-bond donors (Lipinski definition) is 2. The van der Waals surface area contributed by atoms with Gasteiger partial charge in [-0.05, 0) is 70.6 Å². The standard InChI is InChI=1S/C22H36N4.HI/c1-3-23-21(24-15-10-19-11-16-26(2)17-12-19)25-18-22(13-7-14-22)20-8-5-4-6-9-20;/h4-6,8-9,19H,3,7,10-18H2,1-2H3,(H2,23,24,25);1H. The molecule has 0 amide bonds. The Morgan fingerprint density at radius 1 is 1.15 bits per heavy atom. The Labute approximate surface area is 182 Å². The van der Waals surface area contributed by atoms with Gasteiger partial charge in [-0.1, -0.05) is 36.8 Å². The van der Waals surface area contributed by atoms with Crippen molar-refractivity contribution in [3.05, 3.63) is 35.9 Å². The first kappa shape index (κ1) is 22.5. The Morgan fingerprint density at radius 2 is 1.85 bits per heavy atom. The van der Waals surface area contributed by atoms with Crippen LogP contribution < -0.4 is 10.6 Å². The Morgan fingerprint density at radius 3 is 2.44 bits per heavy atom. The minimum atomic E-state index is 0. The van der Waals surface area contributed by atoms with E-state index in [9.17, 15) is 0 Å². The lowest BCUT2D eigenvalue weighted by Gasteiger charge is -2.41. The third-order valence-corrected chi connectivity index (χ3v) is 6.26. The molecule has 0 atom stereocenters. The number of benzene rings is 1. The quantitative estimate of drug-likeness (QED) is 0.349. The molecule has 152 valence electrons. The predicted molar refractivity (Wildman–Crippen MR) is 126 cm³/mol. The molecule has 0 aromatic heterocycles. The number of rotatable bonds is 7. The smallest absolute Gasteiger partial charge is 0.191 e. The van der Waals surface area contributed by atoms with Crippen LogP contribution in [0.1, 0.15) is 51.0 Å². The first-order valence-corrected chi connectivity index (χ1v) is 10.5. The highest BCUT2D eigenvalue weighted by Crippen LogP contribution is 2.43. The van der Waals surface area contributed by atoms with E-state index in [-0.39, 0.29) is 29.4 Å². The van der Waals surface area contributed by atoms with Crippen molar-refractivity contribution in [2.75, 3.05) is 39.8 Å². The minimum Gasteiger partial charge on any atom is -0.357 e. The molecule has 0 bridgehead atoms. The first-order chi connectivity index (χ1) is 12.7. The average molecular weight is 484 g/mol. The Bertz CT molecular complexity index is 563. The summed E-state index contributed by atoms with van der Waals surface area (Å²) in [5.41, 5.74) is 1.72. The maximum atomic E-state index is 4.96. The fraction of sp³-hybridized carbons (Fsp3) is 0.682. The van der Waals surface area contributed by atoms with Crippen molar-refractivity contribution in [1.82, 2.24) is 15.5 Å². The normalized spacial score (nSPS) is 20.4. The summed E-state index contributed by atoms with van der Waals surface area (Å²) >= 11 is 0. The molecule has 1 aromatic rings. The highest BCUT2D eigenvalue weighted by molar-refractivity contribution is 14.0. The summed E-state index contributed by atoms with van der Waals surface area (Å²) in [4.78, 5) is 7.41. The molecule has 27 heavy (non-hydrogen) atoms. The second-order valence-electron chi connectivity index (χ2n) is 8.16. The first-order valence-electron chi connectivity index (χ1n) is 10.5. The van der Waals surface area contributed by atoms with E-state index in [1.54, 1.807) is 0 Å². The van der Waals surface area contributed by atoms with E-state index in [1.807, 2.05) is 0 Å². The second-order valence-corrected chi connectivity index (χ2v) is 8.16. The molecular weight excluding hydrogens is 447 g/mol. The summed E-state index contributed by atoms with van der Waals surface area (Å²) in [5.74, 6) is 1.85. The fourth-order valence-corrected chi connectivity index (χ4v) is 4.25. The molecule has 0 radical (unpaired) electrons. The molecular formula is C22H37IN4. The van der Waals surface area contributed by atoms with E-state index in [0.717, 1.165) is 31.5 Å². The predicted octanol–water partition coefficient (Wildman–Crippen LogP) is 4.01. The molecule has 5 heteroatoms. The topological polar surface area (TPSA) is 39.7 Å². The van der Waals surface area contributed by atoms with E-state index in [2.05, 4.69) is 59.8 Å². The number of nitrogens with one attached hydrogen (secondary N) is 2. The van der Waals surface area contributed by atoms with Gasteiger partial charge in [-0.15, -0.1) is 24.0 Å². The van der Waals surface area contributed by atoms with Gasteiger partial charge >= 0.3 is 0 Å². The summed E-state index contributed by atoms with van der Waals surface area (Å²) in [6.45, 7) is 7.47. The number of likely N-dealkylation sites (tertiary alicyclic amines) is 1. The van der Waals surface area contributed by atoms with Crippen LogP contribution >= 0.6 is 24.0 Å². The van der Waals surface area contributed by atoms with Gasteiger partial charge in [-0.3, -0.25) is 4.99 Å². The molecule has 1 aliphatic heterocycles. The van der Waals surface area contributed by atoms with Crippen molar-refractivity contribution in [3.8, 4) is 0 Å². The van der Waals surface area contributed by atoms with Crippen LogP contribution in [0, 0.1) is 5.92 Å². The lowest BCUT2D eigenvalue weighted by atomic mass is 9.64. The largest absolute Gasteiger partial charge is 0.357 e. The highest BCUT2D eigenvalue weighted by Gasteiger charge is 2.38. The molecule has 1 aliphatic carbocycles. The van der Waals surface area contributed by atoms with Crippen LogP contribution in [0.5, 0.6) is 0 Å². The van der Waals surface area contributed by atoms with Crippen molar-refractivity contribution < 1.29 is 0 Å². The zero-order valence-corrected chi connectivity index (χ0v) is 19.4. The lowest BCUT2D eigenvalue weighted by molar-refractivity contribution is 0.213. The zero-order chi connectivity index (χ0) is 18.2. The van der Waals surface area contributed by atoms with Crippen molar-refractivity contribution in [2.24, 2.45) is 10.9 Å². The SMILES string of the molecule is CCNC(=NCC1(c2ccccc2)CCC1)NCCC1CCN(C)CC1.I. The van der Waals surface area contributed by atoms with E-state index < -0.39 is 0 Å². The molecule has 1 saturated carbocycles. The van der Waals surface area contributed by atoms with Gasteiger partial charge in [-0.2, -0.15) is 0 Å². The van der Waals surface area contributed by atoms with Crippen LogP contribution in [0.4, 0.5) is 0 Å². The number of hydrogen-bond acceptors (Lipinski definition) is 2. The maximum Gasteiger partial charge on any atom is 0.191 e. The number of nitrogens with zero attached hydrogens (tertiary/aromatic N) is 2. The van der Waals surface area contributed by atoms with Crippen molar-refractivity contribution in [1.29, 1.82) is 0 Å². The molecule has 3 rings (SSSR count). The van der Waals surface area contributed by atoms with Crippen LogP contribution in [0.2, 0.25) is 0 Å². The van der Waals surface area contributed by atoms with Crippen molar-refractivity contribution >= 4 is 29.9 Å².